The van der Waals surface area contributed by atoms with Crippen molar-refractivity contribution in [3.63, 3.8) is 0 Å². The fraction of sp³-hybridized carbons (Fsp3) is 0.448. The van der Waals surface area contributed by atoms with Gasteiger partial charge in [-0.1, -0.05) is 0 Å². The molecule has 2 N–H and O–H groups in total. The number of phenolic OH excluding ortho intramolecular Hbond substituents is 2. The van der Waals surface area contributed by atoms with Crippen molar-refractivity contribution in [3.8, 4) is 11.5 Å². The van der Waals surface area contributed by atoms with E-state index in [1.807, 2.05) is 0 Å². The van der Waals surface area contributed by atoms with Gasteiger partial charge in [0.2, 0.25) is 0 Å². The first kappa shape index (κ1) is 38.4. The molecule has 3 unspecified atom stereocenters. The molecule has 2 aromatic carbocycles. The van der Waals surface area contributed by atoms with Crippen LogP contribution in [0.3, 0.4) is 0 Å². The van der Waals surface area contributed by atoms with Crippen molar-refractivity contribution in [1.82, 2.24) is 0 Å². The Morgan fingerprint density at radius 1 is 0.864 bits per heavy atom. The minimum atomic E-state index is -4.58. The van der Waals surface area contributed by atoms with Crippen LogP contribution in [-0.4, -0.2) is 46.2 Å². The Hall–Kier alpha value is -3.59. The molecule has 2 aliphatic carbocycles. The van der Waals surface area contributed by atoms with E-state index in [9.17, 15) is 36.6 Å². The van der Waals surface area contributed by atoms with Gasteiger partial charge in [-0.3, -0.25) is 9.98 Å². The molecule has 15 heteroatoms. The topological polar surface area (TPSA) is 145 Å². The average molecular weight is 675 g/mol. The molecule has 1 radical (unpaired) electrons. The van der Waals surface area contributed by atoms with Gasteiger partial charge in [-0.2, -0.15) is 26.3 Å². The Balaban J connectivity index is 0.000000962. The first-order valence-corrected chi connectivity index (χ1v) is 12.9. The van der Waals surface area contributed by atoms with E-state index < -0.39 is 47.0 Å². The molecule has 0 spiro atoms. The zero-order valence-corrected chi connectivity index (χ0v) is 25.0. The summed E-state index contributed by atoms with van der Waals surface area (Å²) in [5.41, 5.74) is -2.52. The molecule has 0 amide bonds. The molecule has 2 aromatic rings. The molecule has 0 aliphatic heterocycles. The SMILES string of the molecule is CC(=O)[O-].CC(=O)[O-].Cc1cc(C(F)(F)F)cc(C=NC2CC3CCC2(N=Cc2cc(C(F)(F)F)cc(C)c2O)C3)c1O.[Co+2]. The number of aliphatic carboxylic acids is 2. The van der Waals surface area contributed by atoms with Gasteiger partial charge < -0.3 is 30.0 Å². The Bertz CT molecular complexity index is 1390. The zero-order valence-electron chi connectivity index (χ0n) is 24.0. The number of carbonyl (C=O) groups excluding carboxylic acids is 2. The smallest absolute Gasteiger partial charge is 0.550 e. The van der Waals surface area contributed by atoms with Crippen molar-refractivity contribution in [1.29, 1.82) is 0 Å². The van der Waals surface area contributed by atoms with Gasteiger partial charge in [-0.15, -0.1) is 0 Å². The number of alkyl halides is 6. The molecule has 2 aliphatic rings. The molecule has 2 saturated carbocycles. The Morgan fingerprint density at radius 3 is 1.66 bits per heavy atom. The number of hydrogen-bond donors (Lipinski definition) is 2. The Morgan fingerprint density at radius 2 is 1.27 bits per heavy atom. The molecule has 44 heavy (non-hydrogen) atoms. The zero-order chi connectivity index (χ0) is 32.9. The van der Waals surface area contributed by atoms with E-state index in [0.717, 1.165) is 44.5 Å². The summed E-state index contributed by atoms with van der Waals surface area (Å²) in [6.45, 7) is 4.69. The van der Waals surface area contributed by atoms with Crippen molar-refractivity contribution >= 4 is 24.4 Å². The summed E-state index contributed by atoms with van der Waals surface area (Å²) in [5, 5.41) is 38.3. The Labute approximate surface area is 259 Å². The van der Waals surface area contributed by atoms with Crippen LogP contribution in [0.4, 0.5) is 26.3 Å². The monoisotopic (exact) mass is 675 g/mol. The van der Waals surface area contributed by atoms with Gasteiger partial charge in [0.15, 0.2) is 0 Å². The number of aryl methyl sites for hydroxylation is 2. The summed E-state index contributed by atoms with van der Waals surface area (Å²) in [5.74, 6) is -2.48. The molecule has 2 fully saturated rings. The third-order valence-corrected chi connectivity index (χ3v) is 6.97. The number of aromatic hydroxyl groups is 2. The number of carboxylic acid groups (broad SMARTS) is 2. The second kappa shape index (κ2) is 14.9. The van der Waals surface area contributed by atoms with Gasteiger partial charge in [-0.25, -0.2) is 0 Å². The van der Waals surface area contributed by atoms with Crippen LogP contribution in [0.2, 0.25) is 0 Å². The fourth-order valence-corrected chi connectivity index (χ4v) is 5.11. The van der Waals surface area contributed by atoms with Gasteiger partial charge in [0, 0.05) is 35.5 Å². The first-order chi connectivity index (χ1) is 19.7. The summed E-state index contributed by atoms with van der Waals surface area (Å²) in [4.78, 5) is 26.8. The van der Waals surface area contributed by atoms with Gasteiger partial charge in [0.25, 0.3) is 0 Å². The number of aliphatic imine (C=N–C) groups is 2. The number of carboxylic acids is 2. The van der Waals surface area contributed by atoms with Gasteiger partial charge in [0.05, 0.1) is 22.7 Å². The van der Waals surface area contributed by atoms with E-state index in [-0.39, 0.29) is 56.4 Å². The molecule has 0 heterocycles. The van der Waals surface area contributed by atoms with Crippen molar-refractivity contribution in [3.05, 3.63) is 57.6 Å². The molecule has 0 aromatic heterocycles. The number of benzene rings is 2. The summed E-state index contributed by atoms with van der Waals surface area (Å²) in [6.07, 6.45) is -3.98. The molecular formula is C29H30CoF6N2O6. The number of halogens is 6. The van der Waals surface area contributed by atoms with Gasteiger partial charge in [-0.05, 0) is 94.7 Å². The van der Waals surface area contributed by atoms with E-state index in [2.05, 4.69) is 9.98 Å². The quantitative estimate of drug-likeness (QED) is 0.369. The second-order valence-corrected chi connectivity index (χ2v) is 10.4. The minimum absolute atomic E-state index is 0. The van der Waals surface area contributed by atoms with Gasteiger partial charge >= 0.3 is 29.1 Å². The number of rotatable bonds is 4. The normalized spacial score (nSPS) is 20.9. The van der Waals surface area contributed by atoms with E-state index in [1.54, 1.807) is 0 Å². The summed E-state index contributed by atoms with van der Waals surface area (Å²) in [7, 11) is 0. The maximum atomic E-state index is 13.2. The molecule has 3 atom stereocenters. The third kappa shape index (κ3) is 10.3. The third-order valence-electron chi connectivity index (χ3n) is 6.97. The molecule has 4 rings (SSSR count). The molecule has 0 saturated heterocycles. The van der Waals surface area contributed by atoms with Crippen LogP contribution in [0, 0.1) is 19.8 Å². The number of nitrogens with zero attached hydrogens (tertiary/aromatic N) is 2. The maximum Gasteiger partial charge on any atom is 2.00 e. The van der Waals surface area contributed by atoms with Crippen LogP contribution in [0.1, 0.15) is 72.9 Å². The number of carbonyl (C=O) groups is 2. The van der Waals surface area contributed by atoms with Crippen LogP contribution in [0.15, 0.2) is 34.3 Å². The number of fused-ring (bicyclic) bond motifs is 2. The number of phenols is 2. The van der Waals surface area contributed by atoms with Crippen LogP contribution < -0.4 is 10.2 Å². The largest absolute Gasteiger partial charge is 2.00 e. The molecule has 2 bridgehead atoms. The maximum absolute atomic E-state index is 13.2. The standard InChI is InChI=1S/C25H24F6N2O2.2C2H4O2.Co/c1-13-5-18(24(26,27)28)8-16(21(13)34)11-32-20-7-15-3-4-23(20,10-15)33-12-17-9-19(25(29,30)31)6-14(2)22(17)35;2*1-2(3)4;/h5-6,8-9,11-12,15,20,34-35H,3-4,7,10H2,1-2H3;2*1H3,(H,3,4);/q;;;+2/p-2. The number of hydrogen-bond acceptors (Lipinski definition) is 8. The second-order valence-electron chi connectivity index (χ2n) is 10.4. The Kier molecular flexibility index (Phi) is 13.0. The van der Waals surface area contributed by atoms with Crippen LogP contribution in [0.5, 0.6) is 11.5 Å². The predicted octanol–water partition coefficient (Wildman–Crippen LogP) is 4.11. The van der Waals surface area contributed by atoms with Crippen molar-refractivity contribution in [2.75, 3.05) is 0 Å². The average Bonchev–Trinajstić information content (AvgIpc) is 3.42. The van der Waals surface area contributed by atoms with E-state index in [4.69, 9.17) is 19.8 Å². The first-order valence-electron chi connectivity index (χ1n) is 12.9. The van der Waals surface area contributed by atoms with Crippen molar-refractivity contribution in [2.24, 2.45) is 15.9 Å². The van der Waals surface area contributed by atoms with Crippen LogP contribution >= 0.6 is 0 Å². The summed E-state index contributed by atoms with van der Waals surface area (Å²) >= 11 is 0. The molecule has 243 valence electrons. The van der Waals surface area contributed by atoms with E-state index >= 15 is 0 Å². The predicted molar refractivity (Wildman–Crippen MR) is 141 cm³/mol. The fourth-order valence-electron chi connectivity index (χ4n) is 5.11. The van der Waals surface area contributed by atoms with E-state index in [1.165, 1.54) is 26.3 Å². The van der Waals surface area contributed by atoms with Crippen molar-refractivity contribution < 1.29 is 73.1 Å². The van der Waals surface area contributed by atoms with Gasteiger partial charge in [0.1, 0.15) is 11.5 Å². The van der Waals surface area contributed by atoms with Crippen molar-refractivity contribution in [2.45, 2.75) is 77.3 Å². The van der Waals surface area contributed by atoms with E-state index in [0.29, 0.717) is 19.3 Å². The molecular weight excluding hydrogens is 645 g/mol. The molecule has 8 nitrogen and oxygen atoms in total. The van der Waals surface area contributed by atoms with Crippen LogP contribution in [0.25, 0.3) is 0 Å². The van der Waals surface area contributed by atoms with Crippen LogP contribution in [-0.2, 0) is 38.7 Å². The minimum Gasteiger partial charge on any atom is -0.550 e. The summed E-state index contributed by atoms with van der Waals surface area (Å²) in [6, 6.07) is 2.98. The summed E-state index contributed by atoms with van der Waals surface area (Å²) < 4.78 is 79.2.